The van der Waals surface area contributed by atoms with Crippen molar-refractivity contribution in [3.05, 3.63) is 34.9 Å². The van der Waals surface area contributed by atoms with Crippen molar-refractivity contribution in [1.29, 1.82) is 0 Å². The molecule has 1 heterocycles. The van der Waals surface area contributed by atoms with Crippen LogP contribution in [0.1, 0.15) is 31.2 Å². The molecular weight excluding hydrogens is 260 g/mol. The molecule has 1 aliphatic rings. The topological polar surface area (TPSA) is 32.3 Å². The highest BCUT2D eigenvalue weighted by atomic mass is 35.5. The lowest BCUT2D eigenvalue weighted by Gasteiger charge is -2.18. The second-order valence-electron chi connectivity index (χ2n) is 5.21. The molecule has 0 bridgehead atoms. The van der Waals surface area contributed by atoms with Crippen molar-refractivity contribution in [1.82, 2.24) is 10.2 Å². The Hall–Kier alpha value is -1.06. The normalized spacial score (nSPS) is 18.5. The quantitative estimate of drug-likeness (QED) is 0.899. The minimum atomic E-state index is 0.202. The number of hydrogen-bond acceptors (Lipinski definition) is 2. The van der Waals surface area contributed by atoms with E-state index in [0.717, 1.165) is 18.5 Å². The fourth-order valence-corrected chi connectivity index (χ4v) is 2.70. The Morgan fingerprint density at radius 1 is 1.53 bits per heavy atom. The monoisotopic (exact) mass is 280 g/mol. The maximum absolute atomic E-state index is 12.1. The van der Waals surface area contributed by atoms with Gasteiger partial charge in [-0.25, -0.2) is 0 Å². The molecule has 1 fully saturated rings. The number of nitrogens with zero attached hydrogens (tertiary/aromatic N) is 1. The first-order chi connectivity index (χ1) is 9.15. The van der Waals surface area contributed by atoms with Crippen molar-refractivity contribution in [2.45, 2.75) is 38.3 Å². The molecule has 0 aromatic heterocycles. The summed E-state index contributed by atoms with van der Waals surface area (Å²) in [7, 11) is 1.85. The van der Waals surface area contributed by atoms with Crippen LogP contribution in [0.2, 0.25) is 5.02 Å². The Morgan fingerprint density at radius 3 is 3.05 bits per heavy atom. The first-order valence-corrected chi connectivity index (χ1v) is 7.25. The number of carbonyl (C=O) groups excluding carboxylic acids is 1. The zero-order chi connectivity index (χ0) is 13.7. The highest BCUT2D eigenvalue weighted by Gasteiger charge is 2.17. The Kier molecular flexibility index (Phi) is 5.23. The fraction of sp³-hybridized carbons (Fsp3) is 0.533. The van der Waals surface area contributed by atoms with Crippen molar-refractivity contribution in [2.24, 2.45) is 0 Å². The highest BCUT2D eigenvalue weighted by Crippen LogP contribution is 2.14. The molecule has 0 aliphatic carbocycles. The molecule has 2 rings (SSSR count). The van der Waals surface area contributed by atoms with Gasteiger partial charge in [-0.15, -0.1) is 0 Å². The second kappa shape index (κ2) is 6.92. The maximum atomic E-state index is 12.1. The van der Waals surface area contributed by atoms with Gasteiger partial charge in [-0.2, -0.15) is 0 Å². The molecule has 0 radical (unpaired) electrons. The van der Waals surface area contributed by atoms with E-state index in [-0.39, 0.29) is 5.91 Å². The molecule has 1 amide bonds. The van der Waals surface area contributed by atoms with Gasteiger partial charge >= 0.3 is 0 Å². The minimum absolute atomic E-state index is 0.202. The SMILES string of the molecule is CN(Cc1cccc(Cl)c1)C(=O)CCC1CCCN1. The molecule has 0 spiro atoms. The maximum Gasteiger partial charge on any atom is 0.222 e. The van der Waals surface area contributed by atoms with Crippen LogP contribution >= 0.6 is 11.6 Å². The van der Waals surface area contributed by atoms with Crippen LogP contribution in [0.15, 0.2) is 24.3 Å². The van der Waals surface area contributed by atoms with E-state index in [9.17, 15) is 4.79 Å². The first-order valence-electron chi connectivity index (χ1n) is 6.87. The fourth-order valence-electron chi connectivity index (χ4n) is 2.49. The standard InChI is InChI=1S/C15H21ClN2O/c1-18(11-12-4-2-5-13(16)10-12)15(19)8-7-14-6-3-9-17-14/h2,4-5,10,14,17H,3,6-9,11H2,1H3. The molecule has 104 valence electrons. The smallest absolute Gasteiger partial charge is 0.222 e. The predicted octanol–water partition coefficient (Wildman–Crippen LogP) is 2.83. The number of rotatable bonds is 5. The third-order valence-corrected chi connectivity index (χ3v) is 3.84. The van der Waals surface area contributed by atoms with Gasteiger partial charge in [0.05, 0.1) is 0 Å². The van der Waals surface area contributed by atoms with E-state index in [2.05, 4.69) is 5.32 Å². The van der Waals surface area contributed by atoms with Gasteiger partial charge in [0.25, 0.3) is 0 Å². The molecule has 3 nitrogen and oxygen atoms in total. The number of benzene rings is 1. The highest BCUT2D eigenvalue weighted by molar-refractivity contribution is 6.30. The van der Waals surface area contributed by atoms with Crippen molar-refractivity contribution < 1.29 is 4.79 Å². The Balaban J connectivity index is 1.78. The minimum Gasteiger partial charge on any atom is -0.341 e. The van der Waals surface area contributed by atoms with Crippen LogP contribution in [-0.2, 0) is 11.3 Å². The molecule has 0 saturated carbocycles. The average Bonchev–Trinajstić information content (AvgIpc) is 2.89. The summed E-state index contributed by atoms with van der Waals surface area (Å²) in [6.45, 7) is 1.72. The zero-order valence-electron chi connectivity index (χ0n) is 11.4. The van der Waals surface area contributed by atoms with Crippen LogP contribution in [0.4, 0.5) is 0 Å². The number of amides is 1. The van der Waals surface area contributed by atoms with E-state index in [0.29, 0.717) is 24.0 Å². The van der Waals surface area contributed by atoms with Crippen LogP contribution < -0.4 is 5.32 Å². The molecule has 1 N–H and O–H groups in total. The molecule has 19 heavy (non-hydrogen) atoms. The van der Waals surface area contributed by atoms with Crippen LogP contribution in [0, 0.1) is 0 Å². The summed E-state index contributed by atoms with van der Waals surface area (Å²) in [6, 6.07) is 8.19. The predicted molar refractivity (Wildman–Crippen MR) is 78.2 cm³/mol. The Labute approximate surface area is 119 Å². The lowest BCUT2D eigenvalue weighted by atomic mass is 10.1. The summed E-state index contributed by atoms with van der Waals surface area (Å²) in [5.74, 6) is 0.202. The Morgan fingerprint density at radius 2 is 2.37 bits per heavy atom. The lowest BCUT2D eigenvalue weighted by molar-refractivity contribution is -0.130. The zero-order valence-corrected chi connectivity index (χ0v) is 12.1. The number of nitrogens with one attached hydrogen (secondary N) is 1. The van der Waals surface area contributed by atoms with E-state index < -0.39 is 0 Å². The third kappa shape index (κ3) is 4.51. The van der Waals surface area contributed by atoms with Crippen molar-refractivity contribution in [3.8, 4) is 0 Å². The lowest BCUT2D eigenvalue weighted by Crippen LogP contribution is -2.29. The molecule has 1 unspecified atom stereocenters. The summed E-state index contributed by atoms with van der Waals surface area (Å²) < 4.78 is 0. The molecule has 1 atom stereocenters. The van der Waals surface area contributed by atoms with Gasteiger partial charge in [0.2, 0.25) is 5.91 Å². The molecule has 1 aliphatic heterocycles. The van der Waals surface area contributed by atoms with E-state index in [4.69, 9.17) is 11.6 Å². The summed E-state index contributed by atoms with van der Waals surface area (Å²) in [5.41, 5.74) is 1.07. The van der Waals surface area contributed by atoms with E-state index >= 15 is 0 Å². The van der Waals surface area contributed by atoms with Gasteiger partial charge in [0, 0.05) is 31.1 Å². The van der Waals surface area contributed by atoms with Crippen molar-refractivity contribution in [3.63, 3.8) is 0 Å². The third-order valence-electron chi connectivity index (χ3n) is 3.60. The largest absolute Gasteiger partial charge is 0.341 e. The van der Waals surface area contributed by atoms with E-state index in [1.54, 1.807) is 4.90 Å². The molecule has 1 saturated heterocycles. The summed E-state index contributed by atoms with van der Waals surface area (Å²) in [4.78, 5) is 13.8. The van der Waals surface area contributed by atoms with Gasteiger partial charge < -0.3 is 10.2 Å². The molecular formula is C15H21ClN2O. The molecule has 1 aromatic carbocycles. The van der Waals surface area contributed by atoms with Gasteiger partial charge in [-0.1, -0.05) is 23.7 Å². The van der Waals surface area contributed by atoms with Gasteiger partial charge in [0.1, 0.15) is 0 Å². The second-order valence-corrected chi connectivity index (χ2v) is 5.65. The van der Waals surface area contributed by atoms with E-state index in [1.807, 2.05) is 31.3 Å². The van der Waals surface area contributed by atoms with E-state index in [1.165, 1.54) is 12.8 Å². The average molecular weight is 281 g/mol. The summed E-state index contributed by atoms with van der Waals surface area (Å²) >= 11 is 5.94. The number of carbonyl (C=O) groups is 1. The van der Waals surface area contributed by atoms with Gasteiger partial charge in [0.15, 0.2) is 0 Å². The van der Waals surface area contributed by atoms with Crippen molar-refractivity contribution >= 4 is 17.5 Å². The number of hydrogen-bond donors (Lipinski definition) is 1. The first kappa shape index (κ1) is 14.4. The van der Waals surface area contributed by atoms with Crippen LogP contribution in [-0.4, -0.2) is 30.4 Å². The van der Waals surface area contributed by atoms with Crippen LogP contribution in [0.3, 0.4) is 0 Å². The molecule has 1 aromatic rings. The molecule has 4 heteroatoms. The summed E-state index contributed by atoms with van der Waals surface area (Å²) in [6.07, 6.45) is 4.00. The van der Waals surface area contributed by atoms with Crippen LogP contribution in [0.5, 0.6) is 0 Å². The van der Waals surface area contributed by atoms with Gasteiger partial charge in [-0.05, 0) is 43.5 Å². The number of halogens is 1. The van der Waals surface area contributed by atoms with Crippen LogP contribution in [0.25, 0.3) is 0 Å². The Bertz CT molecular complexity index is 430. The summed E-state index contributed by atoms with van der Waals surface area (Å²) in [5, 5.41) is 4.14. The van der Waals surface area contributed by atoms with Crippen molar-refractivity contribution in [2.75, 3.05) is 13.6 Å². The van der Waals surface area contributed by atoms with Gasteiger partial charge in [-0.3, -0.25) is 4.79 Å².